The molecule has 2 rings (SSSR count). The summed E-state index contributed by atoms with van der Waals surface area (Å²) in [5, 5.41) is 3.53. The Hall–Kier alpha value is -2.04. The van der Waals surface area contributed by atoms with Crippen LogP contribution in [-0.2, 0) is 12.8 Å². The van der Waals surface area contributed by atoms with Gasteiger partial charge in [-0.1, -0.05) is 12.1 Å². The van der Waals surface area contributed by atoms with Crippen molar-refractivity contribution in [3.05, 3.63) is 35.7 Å². The number of nitrogens with zero attached hydrogens (tertiary/aromatic N) is 2. The normalized spacial score (nSPS) is 10.3. The Bertz CT molecular complexity index is 451. The number of aryl methyl sites for hydroxylation is 2. The minimum Gasteiger partial charge on any atom is -0.497 e. The second-order valence-electron chi connectivity index (χ2n) is 3.39. The molecule has 0 amide bonds. The first kappa shape index (κ1) is 10.5. The second-order valence-corrected chi connectivity index (χ2v) is 3.39. The molecule has 0 unspecified atom stereocenters. The summed E-state index contributed by atoms with van der Waals surface area (Å²) in [7, 11) is 1.65. The van der Waals surface area contributed by atoms with Gasteiger partial charge in [-0.25, -0.2) is 0 Å². The Balaban J connectivity index is 1.94. The fourth-order valence-electron chi connectivity index (χ4n) is 1.41. The van der Waals surface area contributed by atoms with Crippen LogP contribution in [0.2, 0.25) is 0 Å². The number of methoxy groups -OCH3 is 1. The first-order chi connectivity index (χ1) is 7.78. The lowest BCUT2D eigenvalue weighted by molar-refractivity contribution is 0.379. The minimum atomic E-state index is 0.185. The number of rotatable bonds is 4. The topological polar surface area (TPSA) is 74.2 Å². The van der Waals surface area contributed by atoms with Crippen LogP contribution in [0.5, 0.6) is 5.75 Å². The van der Waals surface area contributed by atoms with Gasteiger partial charge in [-0.2, -0.15) is 4.98 Å². The van der Waals surface area contributed by atoms with Crippen molar-refractivity contribution in [2.24, 2.45) is 0 Å². The van der Waals surface area contributed by atoms with Crippen LogP contribution in [0.3, 0.4) is 0 Å². The second kappa shape index (κ2) is 4.65. The summed E-state index contributed by atoms with van der Waals surface area (Å²) < 4.78 is 10.00. The molecule has 0 radical (unpaired) electrons. The lowest BCUT2D eigenvalue weighted by atomic mass is 10.1. The zero-order chi connectivity index (χ0) is 11.4. The van der Waals surface area contributed by atoms with E-state index in [1.165, 1.54) is 5.56 Å². The molecule has 0 aliphatic heterocycles. The van der Waals surface area contributed by atoms with E-state index in [1.807, 2.05) is 24.3 Å². The van der Waals surface area contributed by atoms with Gasteiger partial charge in [-0.3, -0.25) is 0 Å². The van der Waals surface area contributed by atoms with Crippen molar-refractivity contribution in [1.29, 1.82) is 0 Å². The van der Waals surface area contributed by atoms with Crippen molar-refractivity contribution >= 4 is 5.95 Å². The molecule has 0 spiro atoms. The maximum absolute atomic E-state index is 5.35. The van der Waals surface area contributed by atoms with Crippen LogP contribution in [-0.4, -0.2) is 17.3 Å². The van der Waals surface area contributed by atoms with Crippen molar-refractivity contribution in [2.75, 3.05) is 12.8 Å². The van der Waals surface area contributed by atoms with Crippen molar-refractivity contribution in [1.82, 2.24) is 10.1 Å². The van der Waals surface area contributed by atoms with Gasteiger partial charge >= 0.3 is 0 Å². The molecule has 5 nitrogen and oxygen atoms in total. The predicted octanol–water partition coefficient (Wildman–Crippen LogP) is 1.45. The van der Waals surface area contributed by atoms with Crippen LogP contribution in [0.1, 0.15) is 11.5 Å². The van der Waals surface area contributed by atoms with E-state index in [0.29, 0.717) is 12.3 Å². The van der Waals surface area contributed by atoms with E-state index in [0.717, 1.165) is 12.2 Å². The molecule has 16 heavy (non-hydrogen) atoms. The molecule has 1 heterocycles. The van der Waals surface area contributed by atoms with Gasteiger partial charge in [0.2, 0.25) is 5.89 Å². The number of nitrogen functional groups attached to an aromatic ring is 1. The van der Waals surface area contributed by atoms with Gasteiger partial charge in [0, 0.05) is 6.42 Å². The fourth-order valence-corrected chi connectivity index (χ4v) is 1.41. The standard InChI is InChI=1S/C11H13N3O2/c1-15-9-5-2-8(3-6-9)4-7-10-13-11(12)14-16-10/h2-3,5-6H,4,7H2,1H3,(H2,12,14). The molecular formula is C11H13N3O2. The van der Waals surface area contributed by atoms with Gasteiger partial charge in [0.25, 0.3) is 5.95 Å². The van der Waals surface area contributed by atoms with E-state index in [9.17, 15) is 0 Å². The smallest absolute Gasteiger partial charge is 0.260 e. The van der Waals surface area contributed by atoms with Gasteiger partial charge in [0.05, 0.1) is 7.11 Å². The lowest BCUT2D eigenvalue weighted by Gasteiger charge is -2.01. The van der Waals surface area contributed by atoms with Crippen molar-refractivity contribution < 1.29 is 9.26 Å². The quantitative estimate of drug-likeness (QED) is 0.842. The van der Waals surface area contributed by atoms with Gasteiger partial charge < -0.3 is 15.0 Å². The Morgan fingerprint density at radius 2 is 2.00 bits per heavy atom. The van der Waals surface area contributed by atoms with Gasteiger partial charge in [0.1, 0.15) is 5.75 Å². The first-order valence-electron chi connectivity index (χ1n) is 4.99. The fraction of sp³-hybridized carbons (Fsp3) is 0.273. The van der Waals surface area contributed by atoms with Gasteiger partial charge in [0.15, 0.2) is 0 Å². The van der Waals surface area contributed by atoms with Crippen LogP contribution in [0.25, 0.3) is 0 Å². The Labute approximate surface area is 93.2 Å². The number of hydrogen-bond acceptors (Lipinski definition) is 5. The predicted molar refractivity (Wildman–Crippen MR) is 59.1 cm³/mol. The maximum atomic E-state index is 5.35. The van der Waals surface area contributed by atoms with E-state index >= 15 is 0 Å². The van der Waals surface area contributed by atoms with Crippen molar-refractivity contribution in [3.63, 3.8) is 0 Å². The Morgan fingerprint density at radius 3 is 2.56 bits per heavy atom. The molecule has 0 aliphatic carbocycles. The van der Waals surface area contributed by atoms with Crippen molar-refractivity contribution in [3.8, 4) is 5.75 Å². The van der Waals surface area contributed by atoms with Crippen LogP contribution < -0.4 is 10.5 Å². The molecule has 84 valence electrons. The third-order valence-electron chi connectivity index (χ3n) is 2.27. The van der Waals surface area contributed by atoms with Gasteiger partial charge in [-0.15, -0.1) is 0 Å². The van der Waals surface area contributed by atoms with E-state index in [2.05, 4.69) is 10.1 Å². The molecular weight excluding hydrogens is 206 g/mol. The zero-order valence-electron chi connectivity index (χ0n) is 9.01. The average molecular weight is 219 g/mol. The number of benzene rings is 1. The first-order valence-corrected chi connectivity index (χ1v) is 4.99. The van der Waals surface area contributed by atoms with E-state index in [-0.39, 0.29) is 5.95 Å². The summed E-state index contributed by atoms with van der Waals surface area (Å²) in [6, 6.07) is 7.88. The third-order valence-corrected chi connectivity index (χ3v) is 2.27. The number of nitrogens with two attached hydrogens (primary N) is 1. The van der Waals surface area contributed by atoms with E-state index in [1.54, 1.807) is 7.11 Å². The molecule has 1 aromatic heterocycles. The summed E-state index contributed by atoms with van der Waals surface area (Å²) in [6.45, 7) is 0. The van der Waals surface area contributed by atoms with E-state index in [4.69, 9.17) is 15.0 Å². The maximum Gasteiger partial charge on any atom is 0.260 e. The Morgan fingerprint density at radius 1 is 1.25 bits per heavy atom. The highest BCUT2D eigenvalue weighted by molar-refractivity contribution is 5.27. The highest BCUT2D eigenvalue weighted by atomic mass is 16.5. The van der Waals surface area contributed by atoms with E-state index < -0.39 is 0 Å². The SMILES string of the molecule is COc1ccc(CCc2nc(N)no2)cc1. The molecule has 0 aliphatic rings. The van der Waals surface area contributed by atoms with Crippen molar-refractivity contribution in [2.45, 2.75) is 12.8 Å². The molecule has 1 aromatic carbocycles. The molecule has 0 atom stereocenters. The highest BCUT2D eigenvalue weighted by Gasteiger charge is 2.03. The lowest BCUT2D eigenvalue weighted by Crippen LogP contribution is -1.93. The number of ether oxygens (including phenoxy) is 1. The molecule has 2 aromatic rings. The minimum absolute atomic E-state index is 0.185. The Kier molecular flexibility index (Phi) is 3.05. The largest absolute Gasteiger partial charge is 0.497 e. The number of aromatic nitrogens is 2. The molecule has 0 saturated heterocycles. The average Bonchev–Trinajstić information content (AvgIpc) is 2.73. The molecule has 2 N–H and O–H groups in total. The summed E-state index contributed by atoms with van der Waals surface area (Å²) in [6.07, 6.45) is 1.53. The van der Waals surface area contributed by atoms with Gasteiger partial charge in [-0.05, 0) is 29.3 Å². The summed E-state index contributed by atoms with van der Waals surface area (Å²) in [5.74, 6) is 1.60. The summed E-state index contributed by atoms with van der Waals surface area (Å²) in [4.78, 5) is 3.93. The van der Waals surface area contributed by atoms with Crippen LogP contribution in [0.15, 0.2) is 28.8 Å². The monoisotopic (exact) mass is 219 g/mol. The van der Waals surface area contributed by atoms with Crippen LogP contribution >= 0.6 is 0 Å². The van der Waals surface area contributed by atoms with Crippen LogP contribution in [0.4, 0.5) is 5.95 Å². The molecule has 0 saturated carbocycles. The number of hydrogen-bond donors (Lipinski definition) is 1. The number of anilines is 1. The third kappa shape index (κ3) is 2.50. The molecule has 0 fully saturated rings. The summed E-state index contributed by atoms with van der Waals surface area (Å²) in [5.41, 5.74) is 6.55. The van der Waals surface area contributed by atoms with Crippen LogP contribution in [0, 0.1) is 0 Å². The summed E-state index contributed by atoms with van der Waals surface area (Å²) >= 11 is 0. The molecule has 0 bridgehead atoms. The zero-order valence-corrected chi connectivity index (χ0v) is 9.01. The molecule has 5 heteroatoms. The highest BCUT2D eigenvalue weighted by Crippen LogP contribution is 2.13.